The van der Waals surface area contributed by atoms with Crippen molar-refractivity contribution in [2.24, 2.45) is 43.3 Å². The van der Waals surface area contributed by atoms with Crippen LogP contribution in [0.1, 0.15) is 151 Å². The summed E-state index contributed by atoms with van der Waals surface area (Å²) in [5.74, 6) is 0. The highest BCUT2D eigenvalue weighted by Gasteiger charge is 2.64. The molecule has 0 atom stereocenters. The summed E-state index contributed by atoms with van der Waals surface area (Å²) in [6, 6.07) is 0. The van der Waals surface area contributed by atoms with Gasteiger partial charge in [-0.2, -0.15) is 0 Å². The Bertz CT molecular complexity index is 644. The second-order valence-corrected chi connectivity index (χ2v) is 22.0. The number of hydrogen-bond donors (Lipinski definition) is 0. The van der Waals surface area contributed by atoms with Gasteiger partial charge in [0.15, 0.2) is 0 Å². The molecule has 0 aliphatic heterocycles. The van der Waals surface area contributed by atoms with Crippen molar-refractivity contribution >= 4 is 8.80 Å². The molecule has 0 aliphatic rings. The van der Waals surface area contributed by atoms with Crippen LogP contribution in [-0.2, 0) is 4.74 Å². The standard InChI is InChI=1S/C34H72OSi/c1-22-32(26(2,3)4,27(5,6)7)23-33(28(8,9)10,29(11,12)13)24-34(30(14,15)16,31(17,18)19)35-25-36(20)21/h36H,22-25H2,1-21H3. The molecule has 0 aromatic heterocycles. The van der Waals surface area contributed by atoms with Crippen LogP contribution in [0, 0.1) is 43.3 Å². The van der Waals surface area contributed by atoms with Crippen LogP contribution in [0.3, 0.4) is 0 Å². The molecule has 0 radical (unpaired) electrons. The summed E-state index contributed by atoms with van der Waals surface area (Å²) in [6.07, 6.45) is 4.41. The molecular formula is C34H72OSi. The van der Waals surface area contributed by atoms with E-state index in [0.29, 0.717) is 0 Å². The quantitative estimate of drug-likeness (QED) is 0.287. The van der Waals surface area contributed by atoms with Gasteiger partial charge in [-0.15, -0.1) is 0 Å². The van der Waals surface area contributed by atoms with Gasteiger partial charge in [0.25, 0.3) is 0 Å². The van der Waals surface area contributed by atoms with Crippen molar-refractivity contribution in [1.29, 1.82) is 0 Å². The zero-order valence-electron chi connectivity index (χ0n) is 29.3. The van der Waals surface area contributed by atoms with Gasteiger partial charge < -0.3 is 4.74 Å². The zero-order valence-corrected chi connectivity index (χ0v) is 30.5. The Morgan fingerprint density at radius 3 is 0.944 bits per heavy atom. The van der Waals surface area contributed by atoms with Gasteiger partial charge in [0.05, 0.1) is 14.4 Å². The predicted molar refractivity (Wildman–Crippen MR) is 169 cm³/mol. The summed E-state index contributed by atoms with van der Waals surface area (Å²) in [6.45, 7) is 52.1. The molecule has 0 aliphatic carbocycles. The van der Waals surface area contributed by atoms with E-state index in [2.05, 4.69) is 145 Å². The fourth-order valence-corrected chi connectivity index (χ4v) is 9.10. The predicted octanol–water partition coefficient (Wildman–Crippen LogP) is 11.2. The second kappa shape index (κ2) is 10.6. The molecule has 0 aromatic rings. The van der Waals surface area contributed by atoms with Gasteiger partial charge in [-0.3, -0.25) is 0 Å². The van der Waals surface area contributed by atoms with Gasteiger partial charge in [0.2, 0.25) is 0 Å². The maximum atomic E-state index is 7.35. The monoisotopic (exact) mass is 525 g/mol. The van der Waals surface area contributed by atoms with E-state index in [4.69, 9.17) is 4.74 Å². The Balaban J connectivity index is 7.83. The minimum Gasteiger partial charge on any atom is -0.378 e. The van der Waals surface area contributed by atoms with Crippen molar-refractivity contribution in [3.63, 3.8) is 0 Å². The molecule has 0 saturated carbocycles. The number of rotatable bonds is 8. The Kier molecular flexibility index (Phi) is 10.7. The molecule has 218 valence electrons. The maximum Gasteiger partial charge on any atom is 0.0779 e. The minimum absolute atomic E-state index is 0.00856. The van der Waals surface area contributed by atoms with Crippen LogP contribution in [-0.4, -0.2) is 20.6 Å². The first-order chi connectivity index (χ1) is 15.4. The molecule has 36 heavy (non-hydrogen) atoms. The van der Waals surface area contributed by atoms with Crippen LogP contribution in [0.15, 0.2) is 0 Å². The molecule has 0 heterocycles. The molecule has 0 saturated heterocycles. The molecule has 2 heteroatoms. The summed E-state index contributed by atoms with van der Waals surface area (Å²) in [4.78, 5) is 0. The Hall–Kier alpha value is 0.177. The Morgan fingerprint density at radius 2 is 0.750 bits per heavy atom. The third-order valence-electron chi connectivity index (χ3n) is 10.6. The van der Waals surface area contributed by atoms with Crippen molar-refractivity contribution in [2.45, 2.75) is 170 Å². The van der Waals surface area contributed by atoms with E-state index < -0.39 is 8.80 Å². The highest BCUT2D eigenvalue weighted by molar-refractivity contribution is 6.55. The molecule has 0 amide bonds. The molecule has 0 fully saturated rings. The third-order valence-corrected chi connectivity index (χ3v) is 11.4. The van der Waals surface area contributed by atoms with E-state index >= 15 is 0 Å². The summed E-state index contributed by atoms with van der Waals surface area (Å²) in [5, 5.41) is 0. The van der Waals surface area contributed by atoms with Crippen molar-refractivity contribution in [1.82, 2.24) is 0 Å². The van der Waals surface area contributed by atoms with Gasteiger partial charge in [-0.25, -0.2) is 0 Å². The lowest BCUT2D eigenvalue weighted by Crippen LogP contribution is -2.64. The van der Waals surface area contributed by atoms with Crippen molar-refractivity contribution < 1.29 is 4.74 Å². The van der Waals surface area contributed by atoms with E-state index in [1.807, 2.05) is 0 Å². The SMILES string of the molecule is CCC(CC(CC(OC[SiH](C)C)(C(C)(C)C)C(C)(C)C)(C(C)(C)C)C(C)(C)C)(C(C)(C)C)C(C)(C)C. The average Bonchev–Trinajstić information content (AvgIpc) is 2.54. The molecule has 0 unspecified atom stereocenters. The zero-order chi connectivity index (χ0) is 29.6. The first-order valence-electron chi connectivity index (χ1n) is 15.0. The topological polar surface area (TPSA) is 9.23 Å². The molecular weight excluding hydrogens is 452 g/mol. The van der Waals surface area contributed by atoms with Gasteiger partial charge in [0.1, 0.15) is 0 Å². The summed E-state index contributed by atoms with van der Waals surface area (Å²) >= 11 is 0. The van der Waals surface area contributed by atoms with Crippen molar-refractivity contribution in [3.8, 4) is 0 Å². The van der Waals surface area contributed by atoms with Crippen LogP contribution in [0.5, 0.6) is 0 Å². The Labute approximate surface area is 232 Å². The molecule has 0 bridgehead atoms. The highest BCUT2D eigenvalue weighted by atomic mass is 28.3. The lowest BCUT2D eigenvalue weighted by atomic mass is 9.39. The summed E-state index contributed by atoms with van der Waals surface area (Å²) in [5.41, 5.74) is 0.561. The van der Waals surface area contributed by atoms with Crippen LogP contribution in [0.25, 0.3) is 0 Å². The van der Waals surface area contributed by atoms with Crippen molar-refractivity contribution in [3.05, 3.63) is 0 Å². The van der Waals surface area contributed by atoms with Gasteiger partial charge >= 0.3 is 0 Å². The van der Waals surface area contributed by atoms with E-state index in [1.54, 1.807) is 0 Å². The van der Waals surface area contributed by atoms with Crippen LogP contribution < -0.4 is 0 Å². The second-order valence-electron chi connectivity index (χ2n) is 18.9. The summed E-state index contributed by atoms with van der Waals surface area (Å²) < 4.78 is 7.35. The molecule has 0 aromatic carbocycles. The fourth-order valence-electron chi connectivity index (χ4n) is 8.48. The first-order valence-corrected chi connectivity index (χ1v) is 18.2. The van der Waals surface area contributed by atoms with Gasteiger partial charge in [-0.05, 0) is 62.6 Å². The fraction of sp³-hybridized carbons (Fsp3) is 1.00. The smallest absolute Gasteiger partial charge is 0.0779 e. The minimum atomic E-state index is -0.891. The van der Waals surface area contributed by atoms with Gasteiger partial charge in [0, 0.05) is 6.23 Å². The van der Waals surface area contributed by atoms with Gasteiger partial charge in [-0.1, -0.05) is 145 Å². The summed E-state index contributed by atoms with van der Waals surface area (Å²) in [7, 11) is -0.891. The lowest BCUT2D eigenvalue weighted by molar-refractivity contribution is -0.235. The van der Waals surface area contributed by atoms with E-state index in [9.17, 15) is 0 Å². The lowest BCUT2D eigenvalue weighted by Gasteiger charge is -2.67. The Morgan fingerprint density at radius 1 is 0.444 bits per heavy atom. The normalized spacial score (nSPS) is 16.2. The highest BCUT2D eigenvalue weighted by Crippen LogP contribution is 2.70. The van der Waals surface area contributed by atoms with E-state index in [0.717, 1.165) is 12.7 Å². The largest absolute Gasteiger partial charge is 0.378 e. The van der Waals surface area contributed by atoms with Crippen LogP contribution in [0.4, 0.5) is 0 Å². The molecule has 1 nitrogen and oxygen atoms in total. The van der Waals surface area contributed by atoms with E-state index in [-0.39, 0.29) is 48.9 Å². The molecule has 0 spiro atoms. The van der Waals surface area contributed by atoms with E-state index in [1.165, 1.54) is 12.8 Å². The molecule has 0 rings (SSSR count). The van der Waals surface area contributed by atoms with Crippen molar-refractivity contribution in [2.75, 3.05) is 6.23 Å². The first kappa shape index (κ1) is 36.2. The maximum absolute atomic E-state index is 7.35. The van der Waals surface area contributed by atoms with Crippen LogP contribution >= 0.6 is 0 Å². The number of hydrogen-bond acceptors (Lipinski definition) is 1. The average molecular weight is 525 g/mol. The number of ether oxygens (including phenoxy) is 1. The molecule has 0 N–H and O–H groups in total. The third kappa shape index (κ3) is 6.66. The van der Waals surface area contributed by atoms with Crippen LogP contribution in [0.2, 0.25) is 13.1 Å².